The Hall–Kier alpha value is -3.66. The first-order chi connectivity index (χ1) is 12.0. The lowest BCUT2D eigenvalue weighted by atomic mass is 10.1. The highest BCUT2D eigenvalue weighted by atomic mass is 16.6. The van der Waals surface area contributed by atoms with Crippen molar-refractivity contribution in [3.63, 3.8) is 0 Å². The van der Waals surface area contributed by atoms with E-state index in [1.54, 1.807) is 38.1 Å². The highest BCUT2D eigenvalue weighted by molar-refractivity contribution is 5.80. The third-order valence-corrected chi connectivity index (χ3v) is 3.78. The first-order valence-electron chi connectivity index (χ1n) is 7.38. The van der Waals surface area contributed by atoms with Gasteiger partial charge in [0.1, 0.15) is 28.9 Å². The van der Waals surface area contributed by atoms with Gasteiger partial charge in [0.05, 0.1) is 11.1 Å². The molecule has 0 spiro atoms. The monoisotopic (exact) mass is 335 g/mol. The number of aliphatic imine (C=N–C) groups is 1. The molecule has 0 atom stereocenters. The van der Waals surface area contributed by atoms with Crippen LogP contribution in [-0.4, -0.2) is 11.1 Å². The van der Waals surface area contributed by atoms with Gasteiger partial charge in [-0.05, 0) is 38.1 Å². The van der Waals surface area contributed by atoms with E-state index in [1.165, 1.54) is 18.3 Å². The zero-order valence-corrected chi connectivity index (χ0v) is 13.5. The molecule has 25 heavy (non-hydrogen) atoms. The molecule has 1 aromatic carbocycles. The summed E-state index contributed by atoms with van der Waals surface area (Å²) in [6, 6.07) is 11.6. The number of aryl methyl sites for hydroxylation is 1. The zero-order chi connectivity index (χ0) is 18.0. The molecule has 0 aliphatic heterocycles. The molecule has 3 aromatic rings. The maximum absolute atomic E-state index is 10.7. The molecule has 0 N–H and O–H groups in total. The van der Waals surface area contributed by atoms with E-state index in [-0.39, 0.29) is 11.6 Å². The SMILES string of the molecule is Cc1oc(N=Cc2ccc(-c3ccc([N+](=O)[O-])cc3)o2)c(C#N)c1C. The summed E-state index contributed by atoms with van der Waals surface area (Å²) in [6.07, 6.45) is 1.47. The fraction of sp³-hybridized carbons (Fsp3) is 0.111. The molecule has 2 heterocycles. The summed E-state index contributed by atoms with van der Waals surface area (Å²) >= 11 is 0. The highest BCUT2D eigenvalue weighted by Gasteiger charge is 2.13. The Bertz CT molecular complexity index is 1000. The summed E-state index contributed by atoms with van der Waals surface area (Å²) in [4.78, 5) is 14.4. The molecule has 0 aliphatic rings. The van der Waals surface area contributed by atoms with Crippen molar-refractivity contribution < 1.29 is 13.8 Å². The molecule has 0 bridgehead atoms. The summed E-state index contributed by atoms with van der Waals surface area (Å²) in [5.41, 5.74) is 1.90. The van der Waals surface area contributed by atoms with E-state index < -0.39 is 4.92 Å². The van der Waals surface area contributed by atoms with Gasteiger partial charge in [-0.3, -0.25) is 10.1 Å². The van der Waals surface area contributed by atoms with Gasteiger partial charge >= 0.3 is 0 Å². The van der Waals surface area contributed by atoms with Gasteiger partial charge in [-0.1, -0.05) is 0 Å². The number of furan rings is 2. The number of hydrogen-bond donors (Lipinski definition) is 0. The quantitative estimate of drug-likeness (QED) is 0.391. The van der Waals surface area contributed by atoms with Crippen LogP contribution in [0.15, 0.2) is 50.2 Å². The number of rotatable bonds is 4. The number of nitrogens with zero attached hydrogens (tertiary/aromatic N) is 3. The molecule has 2 aromatic heterocycles. The minimum absolute atomic E-state index is 0.0182. The normalized spacial score (nSPS) is 10.9. The summed E-state index contributed by atoms with van der Waals surface area (Å²) in [7, 11) is 0. The average molecular weight is 335 g/mol. The Morgan fingerprint density at radius 3 is 2.52 bits per heavy atom. The van der Waals surface area contributed by atoms with Crippen molar-refractivity contribution in [3.8, 4) is 17.4 Å². The van der Waals surface area contributed by atoms with E-state index in [0.717, 1.165) is 5.56 Å². The van der Waals surface area contributed by atoms with E-state index in [9.17, 15) is 10.1 Å². The Labute approximate surface area is 143 Å². The first-order valence-corrected chi connectivity index (χ1v) is 7.38. The summed E-state index contributed by atoms with van der Waals surface area (Å²) in [5, 5.41) is 19.9. The van der Waals surface area contributed by atoms with Crippen molar-refractivity contribution in [3.05, 3.63) is 69.2 Å². The molecule has 0 saturated heterocycles. The summed E-state index contributed by atoms with van der Waals surface area (Å²) < 4.78 is 11.1. The van der Waals surface area contributed by atoms with Crippen LogP contribution in [0, 0.1) is 35.3 Å². The lowest BCUT2D eigenvalue weighted by molar-refractivity contribution is -0.384. The van der Waals surface area contributed by atoms with Crippen LogP contribution < -0.4 is 0 Å². The topological polar surface area (TPSA) is 106 Å². The Balaban J connectivity index is 1.83. The summed E-state index contributed by atoms with van der Waals surface area (Å²) in [6.45, 7) is 3.57. The predicted octanol–water partition coefficient (Wildman–Crippen LogP) is 4.69. The molecule has 0 aliphatic carbocycles. The van der Waals surface area contributed by atoms with E-state index in [1.807, 2.05) is 0 Å². The van der Waals surface area contributed by atoms with Gasteiger partial charge in [0, 0.05) is 23.3 Å². The first kappa shape index (κ1) is 16.2. The van der Waals surface area contributed by atoms with Gasteiger partial charge in [-0.15, -0.1) is 0 Å². The van der Waals surface area contributed by atoms with Gasteiger partial charge in [0.2, 0.25) is 5.88 Å². The highest BCUT2D eigenvalue weighted by Crippen LogP contribution is 2.28. The molecule has 7 nitrogen and oxygen atoms in total. The molecule has 3 rings (SSSR count). The third kappa shape index (κ3) is 3.19. The number of hydrogen-bond acceptors (Lipinski definition) is 6. The van der Waals surface area contributed by atoms with E-state index in [2.05, 4.69) is 11.1 Å². The molecule has 0 unspecified atom stereocenters. The Kier molecular flexibility index (Phi) is 4.18. The van der Waals surface area contributed by atoms with Gasteiger partial charge < -0.3 is 8.83 Å². The summed E-state index contributed by atoms with van der Waals surface area (Å²) in [5.74, 6) is 1.92. The van der Waals surface area contributed by atoms with Crippen molar-refractivity contribution in [1.29, 1.82) is 5.26 Å². The van der Waals surface area contributed by atoms with Crippen LogP contribution in [0.25, 0.3) is 11.3 Å². The molecule has 124 valence electrons. The number of nitro benzene ring substituents is 1. The molecule has 7 heteroatoms. The second kappa shape index (κ2) is 6.45. The standard InChI is InChI=1S/C18H13N3O4/c1-11-12(2)24-18(16(11)9-19)20-10-15-7-8-17(25-15)13-3-5-14(6-4-13)21(22)23/h3-8,10H,1-2H3. The fourth-order valence-corrected chi connectivity index (χ4v) is 2.28. The Morgan fingerprint density at radius 1 is 1.16 bits per heavy atom. The Morgan fingerprint density at radius 2 is 1.88 bits per heavy atom. The molecule has 0 saturated carbocycles. The smallest absolute Gasteiger partial charge is 0.269 e. The van der Waals surface area contributed by atoms with Gasteiger partial charge in [0.25, 0.3) is 5.69 Å². The third-order valence-electron chi connectivity index (χ3n) is 3.78. The number of nitriles is 1. The van der Waals surface area contributed by atoms with Crippen molar-refractivity contribution in [1.82, 2.24) is 0 Å². The molecule has 0 radical (unpaired) electrons. The average Bonchev–Trinajstić information content (AvgIpc) is 3.18. The lowest BCUT2D eigenvalue weighted by Gasteiger charge is -1.96. The van der Waals surface area contributed by atoms with Crippen molar-refractivity contribution in [2.24, 2.45) is 4.99 Å². The van der Waals surface area contributed by atoms with E-state index >= 15 is 0 Å². The van der Waals surface area contributed by atoms with Crippen molar-refractivity contribution >= 4 is 17.8 Å². The number of non-ortho nitro benzene ring substituents is 1. The maximum Gasteiger partial charge on any atom is 0.269 e. The van der Waals surface area contributed by atoms with Crippen LogP contribution in [0.3, 0.4) is 0 Å². The minimum atomic E-state index is -0.454. The molecular formula is C18H13N3O4. The van der Waals surface area contributed by atoms with Crippen LogP contribution in [0.4, 0.5) is 11.6 Å². The van der Waals surface area contributed by atoms with E-state index in [4.69, 9.17) is 14.1 Å². The predicted molar refractivity (Wildman–Crippen MR) is 90.9 cm³/mol. The molecule has 0 fully saturated rings. The van der Waals surface area contributed by atoms with Crippen molar-refractivity contribution in [2.45, 2.75) is 13.8 Å². The molecular weight excluding hydrogens is 322 g/mol. The van der Waals surface area contributed by atoms with Gasteiger partial charge in [0.15, 0.2) is 0 Å². The van der Waals surface area contributed by atoms with E-state index in [0.29, 0.717) is 28.4 Å². The lowest BCUT2D eigenvalue weighted by Crippen LogP contribution is -1.86. The fourth-order valence-electron chi connectivity index (χ4n) is 2.28. The van der Waals surface area contributed by atoms with Crippen LogP contribution in [0.2, 0.25) is 0 Å². The second-order valence-electron chi connectivity index (χ2n) is 5.34. The van der Waals surface area contributed by atoms with Gasteiger partial charge in [-0.2, -0.15) is 5.26 Å². The number of benzene rings is 1. The van der Waals surface area contributed by atoms with Crippen molar-refractivity contribution in [2.75, 3.05) is 0 Å². The molecule has 0 amide bonds. The van der Waals surface area contributed by atoms with Gasteiger partial charge in [-0.25, -0.2) is 4.99 Å². The van der Waals surface area contributed by atoms with Crippen LogP contribution >= 0.6 is 0 Å². The van der Waals surface area contributed by atoms with Crippen LogP contribution in [0.1, 0.15) is 22.6 Å². The van der Waals surface area contributed by atoms with Crippen LogP contribution in [0.5, 0.6) is 0 Å². The van der Waals surface area contributed by atoms with Crippen LogP contribution in [-0.2, 0) is 0 Å². The minimum Gasteiger partial charge on any atom is -0.455 e. The number of nitro groups is 1. The largest absolute Gasteiger partial charge is 0.455 e. The zero-order valence-electron chi connectivity index (χ0n) is 13.5. The maximum atomic E-state index is 10.7. The second-order valence-corrected chi connectivity index (χ2v) is 5.34.